The van der Waals surface area contributed by atoms with Crippen molar-refractivity contribution in [2.45, 2.75) is 26.4 Å². The van der Waals surface area contributed by atoms with Gasteiger partial charge in [0, 0.05) is 26.7 Å². The summed E-state index contributed by atoms with van der Waals surface area (Å²) in [5.74, 6) is 0.794. The maximum Gasteiger partial charge on any atom is 0.191 e. The molecule has 1 aromatic rings. The number of hydrogen-bond donors (Lipinski definition) is 2. The number of aryl methyl sites for hydroxylation is 1. The van der Waals surface area contributed by atoms with Crippen molar-refractivity contribution in [2.24, 2.45) is 4.99 Å². The Morgan fingerprint density at radius 3 is 2.63 bits per heavy atom. The minimum atomic E-state index is 0. The van der Waals surface area contributed by atoms with Crippen LogP contribution < -0.4 is 10.6 Å². The Labute approximate surface area is 133 Å². The van der Waals surface area contributed by atoms with Crippen LogP contribution in [0.1, 0.15) is 18.1 Å². The average molecular weight is 377 g/mol. The Kier molecular flexibility index (Phi) is 9.59. The van der Waals surface area contributed by atoms with E-state index in [4.69, 9.17) is 4.74 Å². The first-order valence-corrected chi connectivity index (χ1v) is 6.18. The lowest BCUT2D eigenvalue weighted by molar-refractivity contribution is 0.179. The molecule has 19 heavy (non-hydrogen) atoms. The highest BCUT2D eigenvalue weighted by molar-refractivity contribution is 14.0. The zero-order valence-corrected chi connectivity index (χ0v) is 14.4. The number of rotatable bonds is 5. The van der Waals surface area contributed by atoms with E-state index in [0.29, 0.717) is 6.61 Å². The molecule has 0 amide bonds. The van der Waals surface area contributed by atoms with Crippen molar-refractivity contribution in [1.29, 1.82) is 0 Å². The van der Waals surface area contributed by atoms with Gasteiger partial charge < -0.3 is 15.4 Å². The smallest absolute Gasteiger partial charge is 0.191 e. The third kappa shape index (κ3) is 6.77. The summed E-state index contributed by atoms with van der Waals surface area (Å²) in [6.07, 6.45) is 0. The summed E-state index contributed by atoms with van der Waals surface area (Å²) in [5.41, 5.74) is 2.56. The van der Waals surface area contributed by atoms with Gasteiger partial charge in [-0.1, -0.05) is 24.3 Å². The molecule has 1 atom stereocenters. The Balaban J connectivity index is 0.00000324. The molecule has 0 aliphatic carbocycles. The number of ether oxygens (including phenoxy) is 1. The second-order valence-electron chi connectivity index (χ2n) is 4.35. The molecule has 0 saturated carbocycles. The van der Waals surface area contributed by atoms with Crippen LogP contribution in [0.3, 0.4) is 0 Å². The van der Waals surface area contributed by atoms with Crippen LogP contribution >= 0.6 is 24.0 Å². The van der Waals surface area contributed by atoms with E-state index >= 15 is 0 Å². The molecule has 0 fully saturated rings. The predicted octanol–water partition coefficient (Wildman–Crippen LogP) is 2.31. The molecule has 0 aromatic heterocycles. The standard InChI is InChI=1S/C14H23N3O.HI/c1-11-7-5-6-8-13(11)9-16-14(15-3)17-12(2)10-18-4;/h5-8,12H,9-10H2,1-4H3,(H2,15,16,17);1H. The van der Waals surface area contributed by atoms with Crippen molar-refractivity contribution in [2.75, 3.05) is 20.8 Å². The molecule has 0 saturated heterocycles. The molecule has 1 rings (SSSR count). The lowest BCUT2D eigenvalue weighted by atomic mass is 10.1. The normalized spacial score (nSPS) is 12.5. The maximum atomic E-state index is 5.09. The Bertz CT molecular complexity index is 396. The third-order valence-corrected chi connectivity index (χ3v) is 2.73. The summed E-state index contributed by atoms with van der Waals surface area (Å²) in [6.45, 7) is 5.60. The molecule has 0 aliphatic heterocycles. The van der Waals surface area contributed by atoms with Crippen LogP contribution in [0.5, 0.6) is 0 Å². The molecule has 0 radical (unpaired) electrons. The maximum absolute atomic E-state index is 5.09. The van der Waals surface area contributed by atoms with Crippen molar-refractivity contribution in [3.05, 3.63) is 35.4 Å². The number of hydrogen-bond acceptors (Lipinski definition) is 2. The van der Waals surface area contributed by atoms with E-state index in [2.05, 4.69) is 41.6 Å². The molecule has 0 heterocycles. The Morgan fingerprint density at radius 2 is 2.05 bits per heavy atom. The minimum Gasteiger partial charge on any atom is -0.383 e. The summed E-state index contributed by atoms with van der Waals surface area (Å²) >= 11 is 0. The summed E-state index contributed by atoms with van der Waals surface area (Å²) in [5, 5.41) is 6.57. The van der Waals surface area contributed by atoms with Gasteiger partial charge in [0.25, 0.3) is 0 Å². The SMILES string of the molecule is CN=C(NCc1ccccc1C)NC(C)COC.I. The summed E-state index contributed by atoms with van der Waals surface area (Å²) < 4.78 is 5.09. The van der Waals surface area contributed by atoms with E-state index < -0.39 is 0 Å². The third-order valence-electron chi connectivity index (χ3n) is 2.73. The van der Waals surface area contributed by atoms with Crippen molar-refractivity contribution in [1.82, 2.24) is 10.6 Å². The molecule has 0 bridgehead atoms. The molecule has 1 aromatic carbocycles. The van der Waals surface area contributed by atoms with Gasteiger partial charge in [0.05, 0.1) is 6.61 Å². The van der Waals surface area contributed by atoms with Gasteiger partial charge in [-0.2, -0.15) is 0 Å². The monoisotopic (exact) mass is 377 g/mol. The van der Waals surface area contributed by atoms with Crippen LogP contribution in [-0.4, -0.2) is 32.8 Å². The predicted molar refractivity (Wildman–Crippen MR) is 91.3 cm³/mol. The Hall–Kier alpha value is -0.820. The number of nitrogens with zero attached hydrogens (tertiary/aromatic N) is 1. The van der Waals surface area contributed by atoms with E-state index in [0.717, 1.165) is 12.5 Å². The van der Waals surface area contributed by atoms with Crippen molar-refractivity contribution < 1.29 is 4.74 Å². The van der Waals surface area contributed by atoms with Crippen LogP contribution in [0.15, 0.2) is 29.3 Å². The number of benzene rings is 1. The fourth-order valence-electron chi connectivity index (χ4n) is 1.71. The topological polar surface area (TPSA) is 45.7 Å². The lowest BCUT2D eigenvalue weighted by Gasteiger charge is -2.17. The fourth-order valence-corrected chi connectivity index (χ4v) is 1.71. The first-order chi connectivity index (χ1) is 8.67. The number of halogens is 1. The molecule has 0 spiro atoms. The molecular weight excluding hydrogens is 353 g/mol. The van der Waals surface area contributed by atoms with Gasteiger partial charge in [-0.25, -0.2) is 0 Å². The van der Waals surface area contributed by atoms with E-state index in [1.165, 1.54) is 11.1 Å². The van der Waals surface area contributed by atoms with Crippen LogP contribution in [0.2, 0.25) is 0 Å². The summed E-state index contributed by atoms with van der Waals surface area (Å²) in [4.78, 5) is 4.19. The van der Waals surface area contributed by atoms with Crippen molar-refractivity contribution in [3.8, 4) is 0 Å². The van der Waals surface area contributed by atoms with E-state index in [-0.39, 0.29) is 30.0 Å². The van der Waals surface area contributed by atoms with Crippen molar-refractivity contribution >= 4 is 29.9 Å². The first kappa shape index (κ1) is 18.2. The fraction of sp³-hybridized carbons (Fsp3) is 0.500. The van der Waals surface area contributed by atoms with Crippen molar-refractivity contribution in [3.63, 3.8) is 0 Å². The highest BCUT2D eigenvalue weighted by Crippen LogP contribution is 2.05. The number of nitrogens with one attached hydrogen (secondary N) is 2. The second-order valence-corrected chi connectivity index (χ2v) is 4.35. The van der Waals surface area contributed by atoms with Gasteiger partial charge in [0.1, 0.15) is 0 Å². The summed E-state index contributed by atoms with van der Waals surface area (Å²) in [7, 11) is 3.47. The largest absolute Gasteiger partial charge is 0.383 e. The number of aliphatic imine (C=N–C) groups is 1. The molecule has 1 unspecified atom stereocenters. The van der Waals surface area contributed by atoms with Crippen LogP contribution in [-0.2, 0) is 11.3 Å². The van der Waals surface area contributed by atoms with Crippen LogP contribution in [0.25, 0.3) is 0 Å². The molecule has 108 valence electrons. The quantitative estimate of drug-likeness (QED) is 0.470. The van der Waals surface area contributed by atoms with Gasteiger partial charge in [-0.05, 0) is 25.0 Å². The molecule has 5 heteroatoms. The van der Waals surface area contributed by atoms with Gasteiger partial charge >= 0.3 is 0 Å². The molecule has 2 N–H and O–H groups in total. The van der Waals surface area contributed by atoms with Gasteiger partial charge in [0.2, 0.25) is 0 Å². The van der Waals surface area contributed by atoms with Crippen LogP contribution in [0, 0.1) is 6.92 Å². The van der Waals surface area contributed by atoms with Crippen LogP contribution in [0.4, 0.5) is 0 Å². The second kappa shape index (κ2) is 10.0. The number of methoxy groups -OCH3 is 1. The summed E-state index contributed by atoms with van der Waals surface area (Å²) in [6, 6.07) is 8.56. The van der Waals surface area contributed by atoms with E-state index in [1.807, 2.05) is 12.1 Å². The lowest BCUT2D eigenvalue weighted by Crippen LogP contribution is -2.43. The average Bonchev–Trinajstić information content (AvgIpc) is 2.36. The van der Waals surface area contributed by atoms with Gasteiger partial charge in [-0.3, -0.25) is 4.99 Å². The van der Waals surface area contributed by atoms with E-state index in [1.54, 1.807) is 14.2 Å². The Morgan fingerprint density at radius 1 is 1.37 bits per heavy atom. The first-order valence-electron chi connectivity index (χ1n) is 6.18. The van der Waals surface area contributed by atoms with Gasteiger partial charge in [-0.15, -0.1) is 24.0 Å². The zero-order chi connectivity index (χ0) is 13.4. The van der Waals surface area contributed by atoms with Gasteiger partial charge in [0.15, 0.2) is 5.96 Å². The highest BCUT2D eigenvalue weighted by atomic mass is 127. The van der Waals surface area contributed by atoms with E-state index in [9.17, 15) is 0 Å². The number of guanidine groups is 1. The minimum absolute atomic E-state index is 0. The molecular formula is C14H24IN3O. The highest BCUT2D eigenvalue weighted by Gasteiger charge is 2.04. The molecule has 0 aliphatic rings. The molecule has 4 nitrogen and oxygen atoms in total. The zero-order valence-electron chi connectivity index (χ0n) is 12.1.